The van der Waals surface area contributed by atoms with Gasteiger partial charge in [-0.2, -0.15) is 0 Å². The number of Topliss-reactive ketones (excluding diaryl/α,β-unsaturated/α-hetero) is 1. The molecule has 0 atom stereocenters. The van der Waals surface area contributed by atoms with Crippen LogP contribution in [0.5, 0.6) is 0 Å². The van der Waals surface area contributed by atoms with Gasteiger partial charge in [0.05, 0.1) is 0 Å². The molecular weight excluding hydrogens is 272 g/mol. The first-order chi connectivity index (χ1) is 10.6. The number of rotatable bonds is 4. The van der Waals surface area contributed by atoms with Crippen LogP contribution in [0.25, 0.3) is 0 Å². The fourth-order valence-corrected chi connectivity index (χ4v) is 2.78. The number of ketones is 1. The molecule has 2 aromatic rings. The summed E-state index contributed by atoms with van der Waals surface area (Å²) in [5.74, 6) is 0.0164. The van der Waals surface area contributed by atoms with E-state index >= 15 is 0 Å². The van der Waals surface area contributed by atoms with Crippen molar-refractivity contribution in [2.24, 2.45) is 5.73 Å². The van der Waals surface area contributed by atoms with Crippen molar-refractivity contribution in [1.29, 1.82) is 0 Å². The Labute approximate surface area is 131 Å². The third kappa shape index (κ3) is 2.89. The maximum Gasteiger partial charge on any atom is 0.210 e. The summed E-state index contributed by atoms with van der Waals surface area (Å²) in [6.07, 6.45) is 0.750. The van der Waals surface area contributed by atoms with Crippen molar-refractivity contribution in [3.05, 3.63) is 82.7 Å². The molecule has 0 saturated carbocycles. The number of carbonyl (C=O) groups excluding carboxylic acids is 1. The predicted molar refractivity (Wildman–Crippen MR) is 88.2 cm³/mol. The van der Waals surface area contributed by atoms with Crippen molar-refractivity contribution in [3.63, 3.8) is 0 Å². The average molecular weight is 292 g/mol. The number of nitrogens with two attached hydrogens (primary N) is 1. The largest absolute Gasteiger partial charge is 0.400 e. The van der Waals surface area contributed by atoms with Crippen LogP contribution in [0, 0.1) is 6.92 Å². The highest BCUT2D eigenvalue weighted by Gasteiger charge is 2.27. The van der Waals surface area contributed by atoms with Gasteiger partial charge in [-0.25, -0.2) is 0 Å². The maximum atomic E-state index is 12.7. The molecule has 0 fully saturated rings. The molecular formula is C19H20N2O. The summed E-state index contributed by atoms with van der Waals surface area (Å²) in [4.78, 5) is 14.8. The number of hydrogen-bond acceptors (Lipinski definition) is 3. The zero-order valence-electron chi connectivity index (χ0n) is 12.8. The Morgan fingerprint density at radius 1 is 1.09 bits per heavy atom. The molecule has 22 heavy (non-hydrogen) atoms. The van der Waals surface area contributed by atoms with Crippen LogP contribution in [0.2, 0.25) is 0 Å². The monoisotopic (exact) mass is 292 g/mol. The van der Waals surface area contributed by atoms with Crippen LogP contribution in [0.15, 0.2) is 66.0 Å². The molecule has 112 valence electrons. The molecule has 3 heteroatoms. The van der Waals surface area contributed by atoms with Crippen molar-refractivity contribution in [1.82, 2.24) is 4.90 Å². The topological polar surface area (TPSA) is 46.3 Å². The highest BCUT2D eigenvalue weighted by Crippen LogP contribution is 2.25. The molecule has 3 rings (SSSR count). The van der Waals surface area contributed by atoms with E-state index in [1.807, 2.05) is 30.3 Å². The zero-order valence-corrected chi connectivity index (χ0v) is 12.8. The first-order valence-electron chi connectivity index (χ1n) is 7.54. The van der Waals surface area contributed by atoms with Gasteiger partial charge >= 0.3 is 0 Å². The number of nitrogens with zero attached hydrogens (tertiary/aromatic N) is 1. The second kappa shape index (κ2) is 6.06. The molecule has 0 aliphatic carbocycles. The normalized spacial score (nSPS) is 14.5. The minimum atomic E-state index is 0.0164. The maximum absolute atomic E-state index is 12.7. The zero-order chi connectivity index (χ0) is 15.5. The van der Waals surface area contributed by atoms with Crippen LogP contribution in [-0.2, 0) is 6.54 Å². The van der Waals surface area contributed by atoms with E-state index in [1.165, 1.54) is 11.1 Å². The SMILES string of the molecule is Cc1ccc(CN2CCC(N)=C2C(=O)c2ccccc2)cc1. The minimum absolute atomic E-state index is 0.0164. The molecule has 0 bridgehead atoms. The van der Waals surface area contributed by atoms with E-state index in [-0.39, 0.29) is 5.78 Å². The third-order valence-electron chi connectivity index (χ3n) is 4.02. The van der Waals surface area contributed by atoms with Gasteiger partial charge < -0.3 is 10.6 Å². The second-order valence-corrected chi connectivity index (χ2v) is 5.73. The van der Waals surface area contributed by atoms with Gasteiger partial charge in [-0.05, 0) is 12.5 Å². The molecule has 2 aromatic carbocycles. The van der Waals surface area contributed by atoms with Gasteiger partial charge in [0, 0.05) is 30.8 Å². The van der Waals surface area contributed by atoms with Gasteiger partial charge in [0.2, 0.25) is 5.78 Å². The lowest BCUT2D eigenvalue weighted by molar-refractivity contribution is 0.0994. The number of aryl methyl sites for hydroxylation is 1. The van der Waals surface area contributed by atoms with Crippen molar-refractivity contribution in [3.8, 4) is 0 Å². The number of allylic oxidation sites excluding steroid dienone is 1. The van der Waals surface area contributed by atoms with Gasteiger partial charge in [-0.1, -0.05) is 60.2 Å². The Balaban J connectivity index is 1.83. The van der Waals surface area contributed by atoms with Gasteiger partial charge in [0.15, 0.2) is 0 Å². The van der Waals surface area contributed by atoms with Crippen molar-refractivity contribution in [2.45, 2.75) is 19.9 Å². The van der Waals surface area contributed by atoms with Crippen molar-refractivity contribution in [2.75, 3.05) is 6.54 Å². The molecule has 1 aliphatic rings. The minimum Gasteiger partial charge on any atom is -0.400 e. The van der Waals surface area contributed by atoms with Crippen LogP contribution in [-0.4, -0.2) is 17.2 Å². The lowest BCUT2D eigenvalue weighted by atomic mass is 10.1. The van der Waals surface area contributed by atoms with Crippen LogP contribution in [0.3, 0.4) is 0 Å². The number of benzene rings is 2. The molecule has 3 nitrogen and oxygen atoms in total. The first kappa shape index (κ1) is 14.4. The Morgan fingerprint density at radius 3 is 2.45 bits per heavy atom. The number of carbonyl (C=O) groups is 1. The molecule has 2 N–H and O–H groups in total. The van der Waals surface area contributed by atoms with Crippen LogP contribution in [0.1, 0.15) is 27.9 Å². The smallest absolute Gasteiger partial charge is 0.210 e. The van der Waals surface area contributed by atoms with E-state index in [9.17, 15) is 4.79 Å². The Kier molecular flexibility index (Phi) is 3.96. The molecule has 0 saturated heterocycles. The Morgan fingerprint density at radius 2 is 1.77 bits per heavy atom. The Bertz CT molecular complexity index is 702. The van der Waals surface area contributed by atoms with E-state index in [1.54, 1.807) is 0 Å². The lowest BCUT2D eigenvalue weighted by Crippen LogP contribution is -2.25. The van der Waals surface area contributed by atoms with Gasteiger partial charge in [0.1, 0.15) is 5.70 Å². The second-order valence-electron chi connectivity index (χ2n) is 5.73. The molecule has 0 spiro atoms. The van der Waals surface area contributed by atoms with E-state index in [2.05, 4.69) is 36.1 Å². The highest BCUT2D eigenvalue weighted by molar-refractivity contribution is 6.08. The van der Waals surface area contributed by atoms with E-state index in [4.69, 9.17) is 5.73 Å². The standard InChI is InChI=1S/C19H20N2O/c1-14-7-9-15(10-8-14)13-21-12-11-17(20)18(21)19(22)16-5-3-2-4-6-16/h2-10H,11-13,20H2,1H3. The Hall–Kier alpha value is -2.55. The fraction of sp³-hybridized carbons (Fsp3) is 0.211. The first-order valence-corrected chi connectivity index (χ1v) is 7.54. The molecule has 0 amide bonds. The summed E-state index contributed by atoms with van der Waals surface area (Å²) in [7, 11) is 0. The molecule has 0 aromatic heterocycles. The average Bonchev–Trinajstić information content (AvgIpc) is 2.90. The van der Waals surface area contributed by atoms with Crippen LogP contribution in [0.4, 0.5) is 0 Å². The van der Waals surface area contributed by atoms with E-state index < -0.39 is 0 Å². The molecule has 0 unspecified atom stereocenters. The summed E-state index contributed by atoms with van der Waals surface area (Å²) in [6.45, 7) is 3.59. The fourth-order valence-electron chi connectivity index (χ4n) is 2.78. The van der Waals surface area contributed by atoms with Crippen LogP contribution >= 0.6 is 0 Å². The molecule has 1 heterocycles. The number of hydrogen-bond donors (Lipinski definition) is 1. The van der Waals surface area contributed by atoms with Gasteiger partial charge in [-0.15, -0.1) is 0 Å². The van der Waals surface area contributed by atoms with Crippen molar-refractivity contribution >= 4 is 5.78 Å². The highest BCUT2D eigenvalue weighted by atomic mass is 16.1. The van der Waals surface area contributed by atoms with Crippen LogP contribution < -0.4 is 5.73 Å². The summed E-state index contributed by atoms with van der Waals surface area (Å²) in [5, 5.41) is 0. The summed E-state index contributed by atoms with van der Waals surface area (Å²) >= 11 is 0. The molecule has 1 aliphatic heterocycles. The third-order valence-corrected chi connectivity index (χ3v) is 4.02. The summed E-state index contributed by atoms with van der Waals surface area (Å²) < 4.78 is 0. The van der Waals surface area contributed by atoms with E-state index in [0.717, 1.165) is 19.5 Å². The summed E-state index contributed by atoms with van der Waals surface area (Å²) in [6, 6.07) is 17.7. The summed E-state index contributed by atoms with van der Waals surface area (Å²) in [5.41, 5.74) is 10.6. The molecule has 0 radical (unpaired) electrons. The lowest BCUT2D eigenvalue weighted by Gasteiger charge is -2.21. The van der Waals surface area contributed by atoms with E-state index in [0.29, 0.717) is 17.0 Å². The quantitative estimate of drug-likeness (QED) is 0.880. The van der Waals surface area contributed by atoms with Gasteiger partial charge in [-0.3, -0.25) is 4.79 Å². The predicted octanol–water partition coefficient (Wildman–Crippen LogP) is 3.25. The van der Waals surface area contributed by atoms with Gasteiger partial charge in [0.25, 0.3) is 0 Å². The van der Waals surface area contributed by atoms with Crippen molar-refractivity contribution < 1.29 is 4.79 Å².